The molecular formula is C14H26N2O4. The fourth-order valence-corrected chi connectivity index (χ4v) is 1.95. The smallest absolute Gasteiger partial charge is 0.407 e. The maximum absolute atomic E-state index is 11.9. The van der Waals surface area contributed by atoms with Crippen molar-refractivity contribution in [3.63, 3.8) is 0 Å². The molecule has 1 rings (SSSR count). The van der Waals surface area contributed by atoms with E-state index >= 15 is 0 Å². The van der Waals surface area contributed by atoms with Crippen LogP contribution in [0.5, 0.6) is 0 Å². The van der Waals surface area contributed by atoms with Crippen molar-refractivity contribution in [3.8, 4) is 0 Å². The minimum Gasteiger partial charge on any atom is -0.444 e. The lowest BCUT2D eigenvalue weighted by molar-refractivity contribution is -0.138. The molecule has 1 aliphatic heterocycles. The van der Waals surface area contributed by atoms with E-state index in [-0.39, 0.29) is 12.0 Å². The van der Waals surface area contributed by atoms with Gasteiger partial charge in [0.2, 0.25) is 5.91 Å². The van der Waals surface area contributed by atoms with Gasteiger partial charge in [-0.25, -0.2) is 4.79 Å². The summed E-state index contributed by atoms with van der Waals surface area (Å²) >= 11 is 0. The number of nitrogens with one attached hydrogen (secondary N) is 1. The second-order valence-electron chi connectivity index (χ2n) is 6.05. The van der Waals surface area contributed by atoms with Gasteiger partial charge in [-0.3, -0.25) is 4.79 Å². The van der Waals surface area contributed by atoms with Gasteiger partial charge in [0.25, 0.3) is 0 Å². The van der Waals surface area contributed by atoms with Crippen molar-refractivity contribution >= 4 is 12.0 Å². The van der Waals surface area contributed by atoms with Crippen LogP contribution in [-0.4, -0.2) is 54.8 Å². The molecule has 6 heteroatoms. The molecule has 1 heterocycles. The Kier molecular flexibility index (Phi) is 6.26. The summed E-state index contributed by atoms with van der Waals surface area (Å²) in [6.07, 6.45) is 0.712. The molecule has 0 aromatic rings. The second kappa shape index (κ2) is 7.47. The lowest BCUT2D eigenvalue weighted by Crippen LogP contribution is -2.44. The largest absolute Gasteiger partial charge is 0.444 e. The zero-order chi connectivity index (χ0) is 15.2. The minimum atomic E-state index is -0.496. The van der Waals surface area contributed by atoms with Gasteiger partial charge in [-0.15, -0.1) is 0 Å². The average Bonchev–Trinajstić information content (AvgIpc) is 2.32. The Morgan fingerprint density at radius 2 is 2.10 bits per heavy atom. The molecule has 1 aliphatic rings. The highest BCUT2D eigenvalue weighted by atomic mass is 16.6. The molecule has 1 fully saturated rings. The highest BCUT2D eigenvalue weighted by Crippen LogP contribution is 2.08. The maximum Gasteiger partial charge on any atom is 0.407 e. The van der Waals surface area contributed by atoms with Crippen molar-refractivity contribution in [3.05, 3.63) is 0 Å². The SMILES string of the molecule is C[C@H]1CN(C(=O)CCCNC(=O)OC(C)(C)C)CCO1. The molecule has 0 spiro atoms. The van der Waals surface area contributed by atoms with Crippen LogP contribution in [-0.2, 0) is 14.3 Å². The zero-order valence-corrected chi connectivity index (χ0v) is 12.9. The minimum absolute atomic E-state index is 0.104. The van der Waals surface area contributed by atoms with E-state index in [9.17, 15) is 9.59 Å². The zero-order valence-electron chi connectivity index (χ0n) is 12.9. The number of carbonyl (C=O) groups is 2. The molecule has 20 heavy (non-hydrogen) atoms. The molecule has 116 valence electrons. The summed E-state index contributed by atoms with van der Waals surface area (Å²) in [5, 5.41) is 2.65. The highest BCUT2D eigenvalue weighted by Gasteiger charge is 2.21. The molecule has 0 bridgehead atoms. The van der Waals surface area contributed by atoms with E-state index in [0.717, 1.165) is 0 Å². The predicted molar refractivity (Wildman–Crippen MR) is 75.5 cm³/mol. The number of hydrogen-bond acceptors (Lipinski definition) is 4. The molecule has 6 nitrogen and oxygen atoms in total. The standard InChI is InChI=1S/C14H26N2O4/c1-11-10-16(8-9-19-11)12(17)6-5-7-15-13(18)20-14(2,3)4/h11H,5-10H2,1-4H3,(H,15,18)/t11-/m0/s1. The number of morpholine rings is 1. The fraction of sp³-hybridized carbons (Fsp3) is 0.857. The van der Waals surface area contributed by atoms with Crippen LogP contribution in [0.25, 0.3) is 0 Å². The molecule has 0 aliphatic carbocycles. The lowest BCUT2D eigenvalue weighted by atomic mass is 10.2. The Hall–Kier alpha value is -1.30. The number of carbonyl (C=O) groups excluding carboxylic acids is 2. The monoisotopic (exact) mass is 286 g/mol. The van der Waals surface area contributed by atoms with Crippen LogP contribution >= 0.6 is 0 Å². The summed E-state index contributed by atoms with van der Waals surface area (Å²) < 4.78 is 10.5. The summed E-state index contributed by atoms with van der Waals surface area (Å²) in [7, 11) is 0. The van der Waals surface area contributed by atoms with Crippen LogP contribution in [0.4, 0.5) is 4.79 Å². The molecule has 0 unspecified atom stereocenters. The third-order valence-corrected chi connectivity index (χ3v) is 2.83. The Bertz CT molecular complexity index is 339. The number of hydrogen-bond donors (Lipinski definition) is 1. The number of ether oxygens (including phenoxy) is 2. The first kappa shape index (κ1) is 16.8. The number of alkyl carbamates (subject to hydrolysis) is 1. The number of amides is 2. The first-order valence-electron chi connectivity index (χ1n) is 7.14. The van der Waals surface area contributed by atoms with Gasteiger partial charge >= 0.3 is 6.09 Å². The molecule has 0 radical (unpaired) electrons. The molecular weight excluding hydrogens is 260 g/mol. The van der Waals surface area contributed by atoms with Crippen molar-refractivity contribution in [2.24, 2.45) is 0 Å². The van der Waals surface area contributed by atoms with Gasteiger partial charge in [0, 0.05) is 26.1 Å². The molecule has 0 aromatic heterocycles. The Morgan fingerprint density at radius 1 is 1.40 bits per heavy atom. The Morgan fingerprint density at radius 3 is 2.70 bits per heavy atom. The van der Waals surface area contributed by atoms with Crippen molar-refractivity contribution in [1.29, 1.82) is 0 Å². The summed E-state index contributed by atoms with van der Waals surface area (Å²) in [6.45, 7) is 9.76. The Labute approximate surface area is 120 Å². The van der Waals surface area contributed by atoms with Crippen LogP contribution in [0.2, 0.25) is 0 Å². The quantitative estimate of drug-likeness (QED) is 0.796. The Balaban J connectivity index is 2.14. The van der Waals surface area contributed by atoms with Gasteiger partial charge in [0.15, 0.2) is 0 Å². The van der Waals surface area contributed by atoms with Crippen LogP contribution < -0.4 is 5.32 Å². The van der Waals surface area contributed by atoms with Crippen LogP contribution in [0.3, 0.4) is 0 Å². The van der Waals surface area contributed by atoms with Crippen LogP contribution in [0.1, 0.15) is 40.5 Å². The second-order valence-corrected chi connectivity index (χ2v) is 6.05. The van der Waals surface area contributed by atoms with E-state index in [4.69, 9.17) is 9.47 Å². The average molecular weight is 286 g/mol. The topological polar surface area (TPSA) is 67.9 Å². The summed E-state index contributed by atoms with van der Waals surface area (Å²) in [5.41, 5.74) is -0.496. The molecule has 1 saturated heterocycles. The van der Waals surface area contributed by atoms with Gasteiger partial charge < -0.3 is 19.7 Å². The van der Waals surface area contributed by atoms with Gasteiger partial charge in [-0.1, -0.05) is 0 Å². The van der Waals surface area contributed by atoms with E-state index < -0.39 is 11.7 Å². The van der Waals surface area contributed by atoms with Crippen molar-refractivity contribution in [2.75, 3.05) is 26.2 Å². The molecule has 2 amide bonds. The first-order valence-corrected chi connectivity index (χ1v) is 7.14. The van der Waals surface area contributed by atoms with Gasteiger partial charge in [0.1, 0.15) is 5.60 Å². The van der Waals surface area contributed by atoms with Gasteiger partial charge in [0.05, 0.1) is 12.7 Å². The van der Waals surface area contributed by atoms with E-state index in [1.54, 1.807) is 0 Å². The number of rotatable bonds is 4. The summed E-state index contributed by atoms with van der Waals surface area (Å²) in [4.78, 5) is 25.2. The van der Waals surface area contributed by atoms with Crippen molar-refractivity contribution < 1.29 is 19.1 Å². The van der Waals surface area contributed by atoms with Crippen molar-refractivity contribution in [2.45, 2.75) is 52.2 Å². The summed E-state index contributed by atoms with van der Waals surface area (Å²) in [6, 6.07) is 0. The van der Waals surface area contributed by atoms with E-state index in [1.165, 1.54) is 0 Å². The van der Waals surface area contributed by atoms with Crippen LogP contribution in [0, 0.1) is 0 Å². The van der Waals surface area contributed by atoms with Crippen molar-refractivity contribution in [1.82, 2.24) is 10.2 Å². The van der Waals surface area contributed by atoms with Crippen LogP contribution in [0.15, 0.2) is 0 Å². The normalized spacial score (nSPS) is 19.6. The molecule has 0 aromatic carbocycles. The van der Waals surface area contributed by atoms with Gasteiger partial charge in [-0.2, -0.15) is 0 Å². The van der Waals surface area contributed by atoms with E-state index in [2.05, 4.69) is 5.32 Å². The third-order valence-electron chi connectivity index (χ3n) is 2.83. The first-order chi connectivity index (χ1) is 9.28. The highest BCUT2D eigenvalue weighted by molar-refractivity contribution is 5.76. The van der Waals surface area contributed by atoms with E-state index in [0.29, 0.717) is 39.1 Å². The summed E-state index contributed by atoms with van der Waals surface area (Å²) in [5.74, 6) is 0.117. The third kappa shape index (κ3) is 6.75. The maximum atomic E-state index is 11.9. The lowest BCUT2D eigenvalue weighted by Gasteiger charge is -2.31. The van der Waals surface area contributed by atoms with E-state index in [1.807, 2.05) is 32.6 Å². The molecule has 1 atom stereocenters. The fourth-order valence-electron chi connectivity index (χ4n) is 1.95. The van der Waals surface area contributed by atoms with Gasteiger partial charge in [-0.05, 0) is 34.1 Å². The molecule has 0 saturated carbocycles. The number of nitrogens with zero attached hydrogens (tertiary/aromatic N) is 1. The molecule has 1 N–H and O–H groups in total. The predicted octanol–water partition coefficient (Wildman–Crippen LogP) is 1.54.